The van der Waals surface area contributed by atoms with Crippen LogP contribution in [0.5, 0.6) is 0 Å². The Morgan fingerprint density at radius 1 is 0.947 bits per heavy atom. The maximum atomic E-state index is 2.86. The van der Waals surface area contributed by atoms with Crippen LogP contribution >= 0.6 is 0 Å². The molecule has 0 radical (unpaired) electrons. The fourth-order valence-corrected chi connectivity index (χ4v) is 5.71. The fourth-order valence-electron chi connectivity index (χ4n) is 5.71. The van der Waals surface area contributed by atoms with E-state index in [1.165, 1.54) is 45.4 Å². The molecule has 5 unspecified atom stereocenters. The maximum absolute atomic E-state index is 2.86. The molecule has 2 saturated carbocycles. The van der Waals surface area contributed by atoms with E-state index in [0.717, 1.165) is 29.8 Å². The molecule has 2 heterocycles. The highest BCUT2D eigenvalue weighted by atomic mass is 15.3. The summed E-state index contributed by atoms with van der Waals surface area (Å²) >= 11 is 0. The topological polar surface area (TPSA) is 6.48 Å². The van der Waals surface area contributed by atoms with Gasteiger partial charge in [-0.2, -0.15) is 0 Å². The van der Waals surface area contributed by atoms with Crippen molar-refractivity contribution in [3.63, 3.8) is 0 Å². The number of piperazine rings is 1. The summed E-state index contributed by atoms with van der Waals surface area (Å²) in [6.07, 6.45) is 10.6. The Kier molecular flexibility index (Phi) is 3.35. The first-order valence-corrected chi connectivity index (χ1v) is 8.79. The normalized spacial score (nSPS) is 45.3. The second-order valence-corrected chi connectivity index (χ2v) is 7.76. The number of piperidine rings is 1. The molecule has 0 aromatic carbocycles. The minimum Gasteiger partial charge on any atom is -0.298 e. The molecule has 0 aromatic heterocycles. The van der Waals surface area contributed by atoms with Crippen molar-refractivity contribution in [2.75, 3.05) is 26.2 Å². The molecule has 2 saturated heterocycles. The minimum atomic E-state index is 0.861. The van der Waals surface area contributed by atoms with Crippen molar-refractivity contribution >= 4 is 0 Å². The van der Waals surface area contributed by atoms with Crippen LogP contribution in [0.2, 0.25) is 0 Å². The molecule has 2 nitrogen and oxygen atoms in total. The van der Waals surface area contributed by atoms with Crippen molar-refractivity contribution in [3.8, 4) is 0 Å². The molecule has 2 aliphatic heterocycles. The average molecular weight is 262 g/mol. The zero-order chi connectivity index (χ0) is 12.8. The van der Waals surface area contributed by atoms with E-state index in [9.17, 15) is 0 Å². The van der Waals surface area contributed by atoms with Gasteiger partial charge in [-0.3, -0.25) is 9.80 Å². The van der Waals surface area contributed by atoms with E-state index in [1.54, 1.807) is 25.7 Å². The lowest BCUT2D eigenvalue weighted by molar-refractivity contribution is 0.00952. The van der Waals surface area contributed by atoms with Crippen LogP contribution in [0.4, 0.5) is 0 Å². The largest absolute Gasteiger partial charge is 0.298 e. The Hall–Kier alpha value is -0.0800. The summed E-state index contributed by atoms with van der Waals surface area (Å²) in [5.74, 6) is 3.23. The van der Waals surface area contributed by atoms with Crippen LogP contribution in [0.25, 0.3) is 0 Å². The molecule has 0 N–H and O–H groups in total. The first-order valence-electron chi connectivity index (χ1n) is 8.79. The van der Waals surface area contributed by atoms with Gasteiger partial charge >= 0.3 is 0 Å². The number of hydrogen-bond acceptors (Lipinski definition) is 2. The third kappa shape index (κ3) is 2.25. The van der Waals surface area contributed by atoms with Gasteiger partial charge in [0.05, 0.1) is 0 Å². The highest BCUT2D eigenvalue weighted by molar-refractivity contribution is 4.96. The Morgan fingerprint density at radius 3 is 2.68 bits per heavy atom. The quantitative estimate of drug-likeness (QED) is 0.755. The van der Waals surface area contributed by atoms with Crippen LogP contribution in [-0.2, 0) is 0 Å². The van der Waals surface area contributed by atoms with E-state index in [0.29, 0.717) is 0 Å². The Bertz CT molecular complexity index is 329. The lowest BCUT2D eigenvalue weighted by Gasteiger charge is -2.48. The van der Waals surface area contributed by atoms with Crippen LogP contribution in [0.3, 0.4) is 0 Å². The van der Waals surface area contributed by atoms with E-state index < -0.39 is 0 Å². The standard InChI is InChI=1S/C17H30N2/c1-13(17-11-14-5-6-15(17)10-14)19-9-8-18-7-3-2-4-16(18)12-19/h13-17H,2-12H2,1H3. The zero-order valence-electron chi connectivity index (χ0n) is 12.6. The molecular weight excluding hydrogens is 232 g/mol. The molecule has 2 heteroatoms. The summed E-state index contributed by atoms with van der Waals surface area (Å²) in [5.41, 5.74) is 0. The Morgan fingerprint density at radius 2 is 1.89 bits per heavy atom. The molecule has 19 heavy (non-hydrogen) atoms. The number of hydrogen-bond donors (Lipinski definition) is 0. The van der Waals surface area contributed by atoms with Gasteiger partial charge in [0.15, 0.2) is 0 Å². The Labute approximate surface area is 118 Å². The molecular formula is C17H30N2. The second-order valence-electron chi connectivity index (χ2n) is 7.76. The molecule has 108 valence electrons. The molecule has 2 bridgehead atoms. The van der Waals surface area contributed by atoms with Gasteiger partial charge in [-0.05, 0) is 63.3 Å². The van der Waals surface area contributed by atoms with Crippen LogP contribution in [0.15, 0.2) is 0 Å². The van der Waals surface area contributed by atoms with Crippen LogP contribution in [0.1, 0.15) is 51.9 Å². The summed E-state index contributed by atoms with van der Waals surface area (Å²) in [7, 11) is 0. The molecule has 4 aliphatic rings. The summed E-state index contributed by atoms with van der Waals surface area (Å²) in [6.45, 7) is 7.97. The van der Waals surface area contributed by atoms with Gasteiger partial charge in [-0.1, -0.05) is 12.8 Å². The highest BCUT2D eigenvalue weighted by Gasteiger charge is 2.44. The lowest BCUT2D eigenvalue weighted by Crippen LogP contribution is -2.58. The maximum Gasteiger partial charge on any atom is 0.0223 e. The van der Waals surface area contributed by atoms with Gasteiger partial charge in [0.25, 0.3) is 0 Å². The monoisotopic (exact) mass is 262 g/mol. The first-order chi connectivity index (χ1) is 9.31. The van der Waals surface area contributed by atoms with Gasteiger partial charge in [-0.15, -0.1) is 0 Å². The summed E-state index contributed by atoms with van der Waals surface area (Å²) < 4.78 is 0. The number of fused-ring (bicyclic) bond motifs is 3. The van der Waals surface area contributed by atoms with Gasteiger partial charge in [0.1, 0.15) is 0 Å². The predicted molar refractivity (Wildman–Crippen MR) is 79.2 cm³/mol. The van der Waals surface area contributed by atoms with Gasteiger partial charge < -0.3 is 0 Å². The summed E-state index contributed by atoms with van der Waals surface area (Å²) in [4.78, 5) is 5.63. The van der Waals surface area contributed by atoms with E-state index in [2.05, 4.69) is 16.7 Å². The van der Waals surface area contributed by atoms with E-state index in [4.69, 9.17) is 0 Å². The van der Waals surface area contributed by atoms with Crippen molar-refractivity contribution in [2.45, 2.75) is 64.0 Å². The summed E-state index contributed by atoms with van der Waals surface area (Å²) in [5, 5.41) is 0. The molecule has 4 fully saturated rings. The molecule has 4 rings (SSSR count). The second kappa shape index (κ2) is 5.04. The number of rotatable bonds is 2. The molecule has 5 atom stereocenters. The van der Waals surface area contributed by atoms with E-state index in [-0.39, 0.29) is 0 Å². The zero-order valence-corrected chi connectivity index (χ0v) is 12.6. The first kappa shape index (κ1) is 12.6. The SMILES string of the molecule is CC(C1CC2CCC1C2)N1CCN2CCCCC2C1. The van der Waals surface area contributed by atoms with E-state index >= 15 is 0 Å². The minimum absolute atomic E-state index is 0.861. The van der Waals surface area contributed by atoms with Crippen LogP contribution in [0, 0.1) is 17.8 Å². The van der Waals surface area contributed by atoms with Gasteiger partial charge in [-0.25, -0.2) is 0 Å². The predicted octanol–water partition coefficient (Wildman–Crippen LogP) is 2.98. The van der Waals surface area contributed by atoms with Crippen molar-refractivity contribution in [2.24, 2.45) is 17.8 Å². The van der Waals surface area contributed by atoms with Crippen molar-refractivity contribution in [1.82, 2.24) is 9.80 Å². The third-order valence-electron chi connectivity index (χ3n) is 6.86. The van der Waals surface area contributed by atoms with Crippen LogP contribution < -0.4 is 0 Å². The van der Waals surface area contributed by atoms with Crippen LogP contribution in [-0.4, -0.2) is 48.1 Å². The molecule has 0 aromatic rings. The van der Waals surface area contributed by atoms with Crippen molar-refractivity contribution < 1.29 is 0 Å². The number of nitrogens with zero attached hydrogens (tertiary/aromatic N) is 2. The van der Waals surface area contributed by atoms with Gasteiger partial charge in [0.2, 0.25) is 0 Å². The third-order valence-corrected chi connectivity index (χ3v) is 6.86. The molecule has 0 spiro atoms. The van der Waals surface area contributed by atoms with E-state index in [1.807, 2.05) is 0 Å². The summed E-state index contributed by atoms with van der Waals surface area (Å²) in [6, 6.07) is 1.75. The Balaban J connectivity index is 1.39. The highest BCUT2D eigenvalue weighted by Crippen LogP contribution is 2.50. The molecule has 2 aliphatic carbocycles. The van der Waals surface area contributed by atoms with Crippen molar-refractivity contribution in [3.05, 3.63) is 0 Å². The van der Waals surface area contributed by atoms with Crippen molar-refractivity contribution in [1.29, 1.82) is 0 Å². The lowest BCUT2D eigenvalue weighted by atomic mass is 9.82. The molecule has 0 amide bonds. The fraction of sp³-hybridized carbons (Fsp3) is 1.00. The average Bonchev–Trinajstić information content (AvgIpc) is 3.08. The smallest absolute Gasteiger partial charge is 0.0223 e. The van der Waals surface area contributed by atoms with Gasteiger partial charge in [0, 0.05) is 31.7 Å².